The van der Waals surface area contributed by atoms with E-state index in [9.17, 15) is 9.59 Å². The Morgan fingerprint density at radius 2 is 1.02 bits per heavy atom. The molecule has 0 radical (unpaired) electrons. The topological polar surface area (TPSA) is 43.5 Å². The van der Waals surface area contributed by atoms with E-state index >= 15 is 0 Å². The molecule has 4 nitrogen and oxygen atoms in total. The first-order valence-corrected chi connectivity index (χ1v) is 15.4. The summed E-state index contributed by atoms with van der Waals surface area (Å²) in [5.41, 5.74) is 8.49. The Morgan fingerprint density at radius 1 is 0.467 bits per heavy atom. The van der Waals surface area contributed by atoms with Crippen molar-refractivity contribution in [2.45, 2.75) is 19.3 Å². The minimum atomic E-state index is -0.273. The Bertz CT molecular complexity index is 2790. The van der Waals surface area contributed by atoms with Crippen molar-refractivity contribution in [3.8, 4) is 16.8 Å². The van der Waals surface area contributed by atoms with Crippen molar-refractivity contribution in [1.82, 2.24) is 8.97 Å². The van der Waals surface area contributed by atoms with Crippen LogP contribution in [0, 0.1) is 0 Å². The monoisotopic (exact) mass is 578 g/mol. The standard InChI is InChI=1S/C41H26N2O2/c1-41(2)33-15-7-8-17-36(33)42-35-19-18-23(20-30(35)27-14-9-16-34(41)38(27)42)24-21-31-25-10-3-5-12-28(25)39(44)43-37(31)32(22-24)26-11-4-6-13-29(26)40(43)45/h3-22H,1-2H3. The molecule has 9 aromatic rings. The summed E-state index contributed by atoms with van der Waals surface area (Å²) in [6.07, 6.45) is 0. The molecular weight excluding hydrogens is 552 g/mol. The van der Waals surface area contributed by atoms with Crippen LogP contribution in [0.5, 0.6) is 0 Å². The molecule has 1 aliphatic rings. The first kappa shape index (κ1) is 24.7. The lowest BCUT2D eigenvalue weighted by atomic mass is 9.75. The number of pyridine rings is 2. The third-order valence-electron chi connectivity index (χ3n) is 10.2. The van der Waals surface area contributed by atoms with E-state index in [0.29, 0.717) is 16.3 Å². The number of nitrogens with zero attached hydrogens (tertiary/aromatic N) is 2. The summed E-state index contributed by atoms with van der Waals surface area (Å²) in [5.74, 6) is 0. The maximum Gasteiger partial charge on any atom is 0.266 e. The van der Waals surface area contributed by atoms with Gasteiger partial charge in [0.25, 0.3) is 11.1 Å². The molecule has 0 amide bonds. The third-order valence-corrected chi connectivity index (χ3v) is 10.2. The molecule has 4 heteroatoms. The van der Waals surface area contributed by atoms with Crippen molar-refractivity contribution < 1.29 is 0 Å². The van der Waals surface area contributed by atoms with E-state index < -0.39 is 0 Å². The van der Waals surface area contributed by atoms with Crippen LogP contribution in [-0.4, -0.2) is 8.97 Å². The van der Waals surface area contributed by atoms with Crippen LogP contribution < -0.4 is 11.1 Å². The molecule has 0 aliphatic carbocycles. The zero-order valence-electron chi connectivity index (χ0n) is 24.8. The molecule has 0 atom stereocenters. The molecule has 3 aromatic heterocycles. The van der Waals surface area contributed by atoms with Gasteiger partial charge in [-0.3, -0.25) is 9.59 Å². The van der Waals surface area contributed by atoms with E-state index in [-0.39, 0.29) is 16.5 Å². The van der Waals surface area contributed by atoms with Crippen molar-refractivity contribution in [3.05, 3.63) is 153 Å². The third kappa shape index (κ3) is 2.96. The van der Waals surface area contributed by atoms with Gasteiger partial charge >= 0.3 is 0 Å². The first-order chi connectivity index (χ1) is 21.9. The van der Waals surface area contributed by atoms with Gasteiger partial charge in [0.05, 0.1) is 22.2 Å². The van der Waals surface area contributed by atoms with E-state index in [0.717, 1.165) is 32.7 Å². The Labute approximate surface area is 257 Å². The van der Waals surface area contributed by atoms with Crippen molar-refractivity contribution in [2.24, 2.45) is 0 Å². The Hall–Kier alpha value is -5.74. The zero-order chi connectivity index (χ0) is 30.2. The predicted molar refractivity (Wildman–Crippen MR) is 186 cm³/mol. The Kier molecular flexibility index (Phi) is 4.52. The van der Waals surface area contributed by atoms with E-state index in [1.807, 2.05) is 48.5 Å². The largest absolute Gasteiger partial charge is 0.309 e. The van der Waals surface area contributed by atoms with Crippen LogP contribution in [0.4, 0.5) is 0 Å². The number of hydrogen-bond acceptors (Lipinski definition) is 2. The summed E-state index contributed by atoms with van der Waals surface area (Å²) in [6, 6.07) is 41.8. The van der Waals surface area contributed by atoms with Gasteiger partial charge in [0.2, 0.25) is 0 Å². The lowest BCUT2D eigenvalue weighted by Crippen LogP contribution is -2.27. The lowest BCUT2D eigenvalue weighted by Gasteiger charge is -2.34. The molecule has 6 aromatic carbocycles. The van der Waals surface area contributed by atoms with Crippen LogP contribution in [-0.2, 0) is 5.41 Å². The molecular formula is C41H26N2O2. The highest BCUT2D eigenvalue weighted by Crippen LogP contribution is 2.48. The number of rotatable bonds is 1. The van der Waals surface area contributed by atoms with Crippen LogP contribution in [0.2, 0.25) is 0 Å². The molecule has 212 valence electrons. The van der Waals surface area contributed by atoms with Crippen LogP contribution >= 0.6 is 0 Å². The number of benzene rings is 6. The second-order valence-corrected chi connectivity index (χ2v) is 12.9. The molecule has 4 heterocycles. The second kappa shape index (κ2) is 8.25. The SMILES string of the molecule is CC1(C)c2ccccc2-n2c3ccc(-c4cc5c6ccccc6c(=O)n6c(=O)c7ccccc7c(c4)c56)cc3c3cccc1c32. The second-order valence-electron chi connectivity index (χ2n) is 12.9. The highest BCUT2D eigenvalue weighted by atomic mass is 16.2. The van der Waals surface area contributed by atoms with E-state index in [2.05, 4.69) is 91.2 Å². The first-order valence-electron chi connectivity index (χ1n) is 15.4. The van der Waals surface area contributed by atoms with Crippen LogP contribution in [0.3, 0.4) is 0 Å². The van der Waals surface area contributed by atoms with Crippen LogP contribution in [0.1, 0.15) is 25.0 Å². The smallest absolute Gasteiger partial charge is 0.266 e. The number of para-hydroxylation sites is 2. The maximum atomic E-state index is 13.7. The molecule has 1 aliphatic heterocycles. The summed E-state index contributed by atoms with van der Waals surface area (Å²) in [7, 11) is 0. The van der Waals surface area contributed by atoms with E-state index in [1.165, 1.54) is 43.0 Å². The van der Waals surface area contributed by atoms with Gasteiger partial charge in [-0.25, -0.2) is 4.40 Å². The highest BCUT2D eigenvalue weighted by Gasteiger charge is 2.34. The van der Waals surface area contributed by atoms with Gasteiger partial charge in [-0.15, -0.1) is 0 Å². The van der Waals surface area contributed by atoms with Crippen molar-refractivity contribution >= 4 is 59.6 Å². The summed E-state index contributed by atoms with van der Waals surface area (Å²) < 4.78 is 3.81. The Morgan fingerprint density at radius 3 is 1.71 bits per heavy atom. The van der Waals surface area contributed by atoms with Crippen LogP contribution in [0.25, 0.3) is 76.5 Å². The summed E-state index contributed by atoms with van der Waals surface area (Å²) in [5, 5.41) is 7.06. The minimum absolute atomic E-state index is 0.119. The predicted octanol–water partition coefficient (Wildman–Crippen LogP) is 8.96. The molecule has 0 fully saturated rings. The molecule has 0 bridgehead atoms. The summed E-state index contributed by atoms with van der Waals surface area (Å²) >= 11 is 0. The average molecular weight is 579 g/mol. The quantitative estimate of drug-likeness (QED) is 0.144. The lowest BCUT2D eigenvalue weighted by molar-refractivity contribution is 0.630. The number of fused-ring (bicyclic) bond motifs is 9. The average Bonchev–Trinajstić information content (AvgIpc) is 3.41. The maximum absolute atomic E-state index is 13.7. The molecule has 45 heavy (non-hydrogen) atoms. The van der Waals surface area contributed by atoms with E-state index in [4.69, 9.17) is 0 Å². The van der Waals surface area contributed by atoms with Gasteiger partial charge in [-0.1, -0.05) is 92.7 Å². The summed E-state index contributed by atoms with van der Waals surface area (Å²) in [4.78, 5) is 27.5. The molecule has 0 unspecified atom stereocenters. The zero-order valence-corrected chi connectivity index (χ0v) is 24.8. The molecule has 0 spiro atoms. The van der Waals surface area contributed by atoms with Crippen molar-refractivity contribution in [1.29, 1.82) is 0 Å². The number of hydrogen-bond donors (Lipinski definition) is 0. The van der Waals surface area contributed by atoms with Gasteiger partial charge in [0.1, 0.15) is 0 Å². The molecule has 10 rings (SSSR count). The number of aromatic nitrogens is 2. The highest BCUT2D eigenvalue weighted by molar-refractivity contribution is 6.20. The molecule has 0 saturated heterocycles. The summed E-state index contributed by atoms with van der Waals surface area (Å²) in [6.45, 7) is 4.64. The fourth-order valence-corrected chi connectivity index (χ4v) is 8.14. The normalized spacial score (nSPS) is 13.9. The molecule has 0 N–H and O–H groups in total. The van der Waals surface area contributed by atoms with E-state index in [1.54, 1.807) is 0 Å². The van der Waals surface area contributed by atoms with Gasteiger partial charge in [0.15, 0.2) is 0 Å². The fraction of sp³-hybridized carbons (Fsp3) is 0.0732. The van der Waals surface area contributed by atoms with Crippen molar-refractivity contribution in [2.75, 3.05) is 0 Å². The van der Waals surface area contributed by atoms with Gasteiger partial charge < -0.3 is 4.57 Å². The van der Waals surface area contributed by atoms with Gasteiger partial charge in [-0.05, 0) is 75.5 Å². The van der Waals surface area contributed by atoms with Gasteiger partial charge in [-0.2, -0.15) is 0 Å². The van der Waals surface area contributed by atoms with Gasteiger partial charge in [0, 0.05) is 37.7 Å². The minimum Gasteiger partial charge on any atom is -0.309 e. The molecule has 0 saturated carbocycles. The fourth-order valence-electron chi connectivity index (χ4n) is 8.14. The van der Waals surface area contributed by atoms with Crippen LogP contribution in [0.15, 0.2) is 131 Å². The Balaban J connectivity index is 1.35. The van der Waals surface area contributed by atoms with Crippen molar-refractivity contribution in [3.63, 3.8) is 0 Å².